The lowest BCUT2D eigenvalue weighted by Crippen LogP contribution is -2.32. The molecule has 0 aliphatic carbocycles. The second-order valence-electron chi connectivity index (χ2n) is 4.68. The largest absolute Gasteiger partial charge is 0.306 e. The van der Waals surface area contributed by atoms with Crippen molar-refractivity contribution < 1.29 is 4.79 Å². The zero-order valence-corrected chi connectivity index (χ0v) is 10.2. The number of aromatic nitrogens is 2. The molecule has 2 heterocycles. The van der Waals surface area contributed by atoms with Gasteiger partial charge in [-0.15, -0.1) is 0 Å². The van der Waals surface area contributed by atoms with Crippen LogP contribution in [0.1, 0.15) is 41.9 Å². The Morgan fingerprint density at radius 2 is 2.06 bits per heavy atom. The van der Waals surface area contributed by atoms with Crippen LogP contribution in [0.4, 0.5) is 0 Å². The molecule has 2 rings (SSSR count). The Kier molecular flexibility index (Phi) is 3.10. The maximum absolute atomic E-state index is 11.4. The molecule has 0 spiro atoms. The fourth-order valence-electron chi connectivity index (χ4n) is 2.38. The van der Waals surface area contributed by atoms with Crippen molar-refractivity contribution >= 4 is 5.78 Å². The summed E-state index contributed by atoms with van der Waals surface area (Å²) in [7, 11) is 2.15. The molecule has 4 nitrogen and oxygen atoms in total. The lowest BCUT2D eigenvalue weighted by atomic mass is 10.1. The topological polar surface area (TPSA) is 38.1 Å². The zero-order valence-electron chi connectivity index (χ0n) is 10.2. The van der Waals surface area contributed by atoms with Crippen molar-refractivity contribution in [2.75, 3.05) is 20.1 Å². The van der Waals surface area contributed by atoms with Crippen molar-refractivity contribution in [1.29, 1.82) is 0 Å². The van der Waals surface area contributed by atoms with Gasteiger partial charge in [0, 0.05) is 5.69 Å². The van der Waals surface area contributed by atoms with Gasteiger partial charge in [-0.05, 0) is 46.8 Å². The van der Waals surface area contributed by atoms with Crippen LogP contribution >= 0.6 is 0 Å². The smallest absolute Gasteiger partial charge is 0.163 e. The Morgan fingerprint density at radius 3 is 2.56 bits per heavy atom. The predicted molar refractivity (Wildman–Crippen MR) is 62.7 cm³/mol. The van der Waals surface area contributed by atoms with Gasteiger partial charge in [-0.2, -0.15) is 5.10 Å². The average molecular weight is 221 g/mol. The Balaban J connectivity index is 2.18. The molecule has 0 atom stereocenters. The quantitative estimate of drug-likeness (QED) is 0.713. The number of nitrogens with zero attached hydrogens (tertiary/aromatic N) is 3. The van der Waals surface area contributed by atoms with Gasteiger partial charge < -0.3 is 4.90 Å². The molecule has 0 bridgehead atoms. The molecule has 1 aromatic heterocycles. The van der Waals surface area contributed by atoms with Gasteiger partial charge in [0.15, 0.2) is 5.78 Å². The van der Waals surface area contributed by atoms with Crippen LogP contribution in [0.5, 0.6) is 0 Å². The molecule has 0 N–H and O–H groups in total. The highest BCUT2D eigenvalue weighted by atomic mass is 16.1. The van der Waals surface area contributed by atoms with Crippen molar-refractivity contribution in [2.24, 2.45) is 0 Å². The molecule has 0 aromatic carbocycles. The monoisotopic (exact) mass is 221 g/mol. The van der Waals surface area contributed by atoms with Gasteiger partial charge in [-0.1, -0.05) is 0 Å². The molecule has 1 aliphatic rings. The van der Waals surface area contributed by atoms with E-state index in [1.165, 1.54) is 0 Å². The summed E-state index contributed by atoms with van der Waals surface area (Å²) in [6.07, 6.45) is 3.95. The summed E-state index contributed by atoms with van der Waals surface area (Å²) >= 11 is 0. The highest BCUT2D eigenvalue weighted by molar-refractivity contribution is 5.94. The summed E-state index contributed by atoms with van der Waals surface area (Å²) in [5.41, 5.74) is 1.78. The van der Waals surface area contributed by atoms with Crippen LogP contribution < -0.4 is 0 Å². The maximum Gasteiger partial charge on any atom is 0.163 e. The minimum Gasteiger partial charge on any atom is -0.306 e. The maximum atomic E-state index is 11.4. The van der Waals surface area contributed by atoms with Gasteiger partial charge in [0.2, 0.25) is 0 Å². The van der Waals surface area contributed by atoms with Gasteiger partial charge in [0.05, 0.1) is 17.8 Å². The van der Waals surface area contributed by atoms with E-state index in [4.69, 9.17) is 0 Å². The van der Waals surface area contributed by atoms with E-state index in [0.717, 1.165) is 37.2 Å². The van der Waals surface area contributed by atoms with Crippen molar-refractivity contribution in [3.63, 3.8) is 0 Å². The van der Waals surface area contributed by atoms with Crippen LogP contribution in [-0.2, 0) is 0 Å². The lowest BCUT2D eigenvalue weighted by molar-refractivity contribution is 0.101. The molecule has 4 heteroatoms. The minimum absolute atomic E-state index is 0.108. The van der Waals surface area contributed by atoms with Crippen LogP contribution in [0, 0.1) is 6.92 Å². The standard InChI is InChI=1S/C12H19N3O/c1-9-12(10(2)16)8-13-15(9)11-4-6-14(3)7-5-11/h8,11H,4-7H2,1-3H3. The number of hydrogen-bond acceptors (Lipinski definition) is 3. The molecule has 1 aliphatic heterocycles. The molecule has 1 saturated heterocycles. The van der Waals surface area contributed by atoms with Gasteiger partial charge in [-0.3, -0.25) is 9.48 Å². The van der Waals surface area contributed by atoms with E-state index >= 15 is 0 Å². The summed E-state index contributed by atoms with van der Waals surface area (Å²) in [5.74, 6) is 0.108. The van der Waals surface area contributed by atoms with Crippen molar-refractivity contribution in [3.8, 4) is 0 Å². The van der Waals surface area contributed by atoms with Crippen LogP contribution in [0.2, 0.25) is 0 Å². The van der Waals surface area contributed by atoms with E-state index in [-0.39, 0.29) is 5.78 Å². The molecule has 1 fully saturated rings. The summed E-state index contributed by atoms with van der Waals surface area (Å²) < 4.78 is 2.03. The first-order valence-electron chi connectivity index (χ1n) is 5.83. The van der Waals surface area contributed by atoms with Gasteiger partial charge in [0.25, 0.3) is 0 Å². The third-order valence-corrected chi connectivity index (χ3v) is 3.46. The van der Waals surface area contributed by atoms with E-state index in [1.54, 1.807) is 13.1 Å². The first-order valence-corrected chi connectivity index (χ1v) is 5.83. The van der Waals surface area contributed by atoms with Crippen LogP contribution in [0.25, 0.3) is 0 Å². The second-order valence-corrected chi connectivity index (χ2v) is 4.68. The molecule has 0 saturated carbocycles. The van der Waals surface area contributed by atoms with E-state index in [2.05, 4.69) is 17.0 Å². The molecule has 88 valence electrons. The number of Topliss-reactive ketones (excluding diaryl/α,β-unsaturated/α-hetero) is 1. The number of carbonyl (C=O) groups excluding carboxylic acids is 1. The fourth-order valence-corrected chi connectivity index (χ4v) is 2.38. The second kappa shape index (κ2) is 4.37. The Labute approximate surface area is 96.2 Å². The van der Waals surface area contributed by atoms with E-state index in [9.17, 15) is 4.79 Å². The normalized spacial score (nSPS) is 18.9. The van der Waals surface area contributed by atoms with Gasteiger partial charge in [0.1, 0.15) is 0 Å². The number of carbonyl (C=O) groups is 1. The average Bonchev–Trinajstić information content (AvgIpc) is 2.61. The van der Waals surface area contributed by atoms with Gasteiger partial charge in [-0.25, -0.2) is 0 Å². The Hall–Kier alpha value is -1.16. The molecule has 1 aromatic rings. The molecule has 0 unspecified atom stereocenters. The van der Waals surface area contributed by atoms with E-state index < -0.39 is 0 Å². The molecule has 0 amide bonds. The first-order chi connectivity index (χ1) is 7.59. The predicted octanol–water partition coefficient (Wildman–Crippen LogP) is 1.66. The highest BCUT2D eigenvalue weighted by Crippen LogP contribution is 2.23. The summed E-state index contributed by atoms with van der Waals surface area (Å²) in [6, 6.07) is 0.462. The zero-order chi connectivity index (χ0) is 11.7. The van der Waals surface area contributed by atoms with E-state index in [0.29, 0.717) is 6.04 Å². The first kappa shape index (κ1) is 11.3. The number of rotatable bonds is 2. The van der Waals surface area contributed by atoms with Crippen molar-refractivity contribution in [1.82, 2.24) is 14.7 Å². The SMILES string of the molecule is CC(=O)c1cnn(C2CCN(C)CC2)c1C. The third-order valence-electron chi connectivity index (χ3n) is 3.46. The third kappa shape index (κ3) is 2.02. The van der Waals surface area contributed by atoms with Crippen molar-refractivity contribution in [3.05, 3.63) is 17.5 Å². The van der Waals surface area contributed by atoms with Crippen LogP contribution in [0.3, 0.4) is 0 Å². The summed E-state index contributed by atoms with van der Waals surface area (Å²) in [6.45, 7) is 5.81. The molecule has 0 radical (unpaired) electrons. The fraction of sp³-hybridized carbons (Fsp3) is 0.667. The van der Waals surface area contributed by atoms with Crippen molar-refractivity contribution in [2.45, 2.75) is 32.7 Å². The number of ketones is 1. The Morgan fingerprint density at radius 1 is 1.44 bits per heavy atom. The van der Waals surface area contributed by atoms with Crippen LogP contribution in [0.15, 0.2) is 6.20 Å². The number of hydrogen-bond donors (Lipinski definition) is 0. The lowest BCUT2D eigenvalue weighted by Gasteiger charge is -2.29. The summed E-state index contributed by atoms with van der Waals surface area (Å²) in [4.78, 5) is 13.7. The highest BCUT2D eigenvalue weighted by Gasteiger charge is 2.21. The summed E-state index contributed by atoms with van der Waals surface area (Å²) in [5, 5.41) is 4.36. The Bertz CT molecular complexity index is 389. The van der Waals surface area contributed by atoms with Crippen LogP contribution in [-0.4, -0.2) is 40.6 Å². The molecule has 16 heavy (non-hydrogen) atoms. The molecular formula is C12H19N3O. The number of likely N-dealkylation sites (tertiary alicyclic amines) is 1. The number of piperidine rings is 1. The van der Waals surface area contributed by atoms with Gasteiger partial charge >= 0.3 is 0 Å². The minimum atomic E-state index is 0.108. The molecular weight excluding hydrogens is 202 g/mol. The van der Waals surface area contributed by atoms with E-state index in [1.807, 2.05) is 11.6 Å².